The fraction of sp³-hybridized carbons (Fsp3) is 0.909. The number of nitrogens with one attached hydrogen (secondary N) is 2. The summed E-state index contributed by atoms with van der Waals surface area (Å²) in [6.45, 7) is 0. The molecule has 0 saturated heterocycles. The first-order valence-electron chi connectivity index (χ1n) is 11.2. The van der Waals surface area contributed by atoms with Crippen LogP contribution >= 0.6 is 23.5 Å². The van der Waals surface area contributed by atoms with Crippen molar-refractivity contribution in [1.29, 1.82) is 0 Å². The number of carbonyl (C=O) groups is 2. The molecule has 0 spiro atoms. The Morgan fingerprint density at radius 3 is 1.39 bits per heavy atom. The van der Waals surface area contributed by atoms with Gasteiger partial charge in [0.05, 0.1) is 0 Å². The maximum atomic E-state index is 12.7. The van der Waals surface area contributed by atoms with Crippen molar-refractivity contribution >= 4 is 35.3 Å². The summed E-state index contributed by atoms with van der Waals surface area (Å²) in [7, 11) is 0. The number of hydrogen-bond donors (Lipinski definition) is 2. The fourth-order valence-corrected chi connectivity index (χ4v) is 6.70. The van der Waals surface area contributed by atoms with Crippen LogP contribution in [-0.2, 0) is 9.59 Å². The first-order valence-corrected chi connectivity index (χ1v) is 13.8. The van der Waals surface area contributed by atoms with E-state index in [2.05, 4.69) is 23.1 Å². The maximum Gasteiger partial charge on any atom is 0.223 e. The van der Waals surface area contributed by atoms with Crippen molar-refractivity contribution in [2.45, 2.75) is 99.6 Å². The molecule has 3 saturated carbocycles. The van der Waals surface area contributed by atoms with Crippen molar-refractivity contribution in [1.82, 2.24) is 10.6 Å². The molecular formula is C22H38N2O2S2. The zero-order chi connectivity index (χ0) is 19.9. The van der Waals surface area contributed by atoms with E-state index < -0.39 is 0 Å². The van der Waals surface area contributed by atoms with E-state index in [-0.39, 0.29) is 35.7 Å². The Morgan fingerprint density at radius 2 is 1.04 bits per heavy atom. The highest BCUT2D eigenvalue weighted by Gasteiger charge is 2.31. The molecule has 0 aromatic heterocycles. The zero-order valence-corrected chi connectivity index (χ0v) is 19.2. The zero-order valence-electron chi connectivity index (χ0n) is 17.6. The molecule has 3 rings (SSSR count). The highest BCUT2D eigenvalue weighted by molar-refractivity contribution is 7.99. The first kappa shape index (κ1) is 22.3. The largest absolute Gasteiger partial charge is 0.353 e. The second kappa shape index (κ2) is 11.1. The molecule has 3 fully saturated rings. The van der Waals surface area contributed by atoms with E-state index in [1.165, 1.54) is 25.7 Å². The van der Waals surface area contributed by atoms with Gasteiger partial charge < -0.3 is 10.6 Å². The summed E-state index contributed by atoms with van der Waals surface area (Å²) in [6.07, 6.45) is 17.2. The van der Waals surface area contributed by atoms with E-state index >= 15 is 0 Å². The summed E-state index contributed by atoms with van der Waals surface area (Å²) < 4.78 is 0. The monoisotopic (exact) mass is 426 g/mol. The number of thioether (sulfide) groups is 2. The number of carbonyl (C=O) groups excluding carboxylic acids is 2. The summed E-state index contributed by atoms with van der Waals surface area (Å²) in [5, 5.41) is 8.12. The molecule has 2 unspecified atom stereocenters. The molecule has 2 atom stereocenters. The lowest BCUT2D eigenvalue weighted by molar-refractivity contribution is -0.127. The van der Waals surface area contributed by atoms with Crippen LogP contribution in [0.5, 0.6) is 0 Å². The lowest BCUT2D eigenvalue weighted by Crippen LogP contribution is -2.48. The Morgan fingerprint density at radius 1 is 0.643 bits per heavy atom. The molecule has 0 heterocycles. The molecule has 0 aromatic rings. The molecule has 2 amide bonds. The normalized spacial score (nSPS) is 36.5. The van der Waals surface area contributed by atoms with Gasteiger partial charge in [0, 0.05) is 34.4 Å². The summed E-state index contributed by atoms with van der Waals surface area (Å²) in [5.74, 6) is 0.911. The number of rotatable bonds is 6. The summed E-state index contributed by atoms with van der Waals surface area (Å²) >= 11 is 3.88. The molecule has 0 bridgehead atoms. The molecule has 28 heavy (non-hydrogen) atoms. The quantitative estimate of drug-likeness (QED) is 0.662. The third-order valence-corrected chi connectivity index (χ3v) is 9.40. The molecule has 3 aliphatic rings. The van der Waals surface area contributed by atoms with Crippen LogP contribution in [0.2, 0.25) is 0 Å². The minimum Gasteiger partial charge on any atom is -0.353 e. The van der Waals surface area contributed by atoms with Gasteiger partial charge in [-0.1, -0.05) is 0 Å². The Balaban J connectivity index is 1.40. The highest BCUT2D eigenvalue weighted by Crippen LogP contribution is 2.32. The third-order valence-electron chi connectivity index (χ3n) is 7.12. The summed E-state index contributed by atoms with van der Waals surface area (Å²) in [4.78, 5) is 25.4. The Labute approximate surface area is 179 Å². The Bertz CT molecular complexity index is 471. The Kier molecular flexibility index (Phi) is 8.89. The second-order valence-corrected chi connectivity index (χ2v) is 11.3. The van der Waals surface area contributed by atoms with Gasteiger partial charge in [-0.05, 0) is 89.6 Å². The van der Waals surface area contributed by atoms with Gasteiger partial charge in [0.15, 0.2) is 0 Å². The topological polar surface area (TPSA) is 58.2 Å². The highest BCUT2D eigenvalue weighted by atomic mass is 32.2. The molecule has 0 radical (unpaired) electrons. The van der Waals surface area contributed by atoms with E-state index in [1.807, 2.05) is 23.5 Å². The molecule has 0 aliphatic heterocycles. The molecule has 0 aromatic carbocycles. The van der Waals surface area contributed by atoms with Crippen LogP contribution in [0.15, 0.2) is 0 Å². The molecule has 2 N–H and O–H groups in total. The van der Waals surface area contributed by atoms with Gasteiger partial charge >= 0.3 is 0 Å². The van der Waals surface area contributed by atoms with Gasteiger partial charge in [0.25, 0.3) is 0 Å². The minimum absolute atomic E-state index is 0.199. The van der Waals surface area contributed by atoms with E-state index in [1.54, 1.807) is 0 Å². The molecule has 3 aliphatic carbocycles. The van der Waals surface area contributed by atoms with Crippen molar-refractivity contribution in [2.75, 3.05) is 12.5 Å². The lowest BCUT2D eigenvalue weighted by atomic mass is 9.85. The van der Waals surface area contributed by atoms with Crippen molar-refractivity contribution in [3.8, 4) is 0 Å². The minimum atomic E-state index is 0.199. The lowest BCUT2D eigenvalue weighted by Gasteiger charge is -2.34. The van der Waals surface area contributed by atoms with Crippen LogP contribution in [0.1, 0.15) is 77.0 Å². The SMILES string of the molecule is CSC1CCC(C(=O)NC2CCCC(NC(=O)C3CCC(SC)CC3)C2)CC1. The van der Waals surface area contributed by atoms with Gasteiger partial charge in [0.2, 0.25) is 11.8 Å². The third kappa shape index (κ3) is 6.32. The number of hydrogen-bond acceptors (Lipinski definition) is 4. The number of amides is 2. The van der Waals surface area contributed by atoms with E-state index in [4.69, 9.17) is 0 Å². The molecule has 6 heteroatoms. The van der Waals surface area contributed by atoms with Crippen molar-refractivity contribution in [2.24, 2.45) is 11.8 Å². The van der Waals surface area contributed by atoms with Gasteiger partial charge in [-0.3, -0.25) is 9.59 Å². The molecule has 160 valence electrons. The van der Waals surface area contributed by atoms with Crippen LogP contribution in [-0.4, -0.2) is 46.9 Å². The van der Waals surface area contributed by atoms with Crippen LogP contribution in [0, 0.1) is 11.8 Å². The summed E-state index contributed by atoms with van der Waals surface area (Å²) in [5.41, 5.74) is 0. The molecular weight excluding hydrogens is 388 g/mol. The van der Waals surface area contributed by atoms with Gasteiger partial charge in [-0.2, -0.15) is 23.5 Å². The predicted molar refractivity (Wildman–Crippen MR) is 121 cm³/mol. The van der Waals surface area contributed by atoms with Crippen LogP contribution in [0.25, 0.3) is 0 Å². The summed E-state index contributed by atoms with van der Waals surface area (Å²) in [6, 6.07) is 0.467. The average molecular weight is 427 g/mol. The average Bonchev–Trinajstić information content (AvgIpc) is 2.74. The maximum absolute atomic E-state index is 12.7. The van der Waals surface area contributed by atoms with Crippen molar-refractivity contribution in [3.05, 3.63) is 0 Å². The van der Waals surface area contributed by atoms with Crippen LogP contribution in [0.4, 0.5) is 0 Å². The fourth-order valence-electron chi connectivity index (χ4n) is 5.21. The Hall–Kier alpha value is -0.360. The predicted octanol–water partition coefficient (Wildman–Crippen LogP) is 4.37. The van der Waals surface area contributed by atoms with Crippen molar-refractivity contribution in [3.63, 3.8) is 0 Å². The van der Waals surface area contributed by atoms with E-state index in [9.17, 15) is 9.59 Å². The van der Waals surface area contributed by atoms with Gasteiger partial charge in [-0.15, -0.1) is 0 Å². The van der Waals surface area contributed by atoms with Crippen molar-refractivity contribution < 1.29 is 9.59 Å². The smallest absolute Gasteiger partial charge is 0.223 e. The molecule has 4 nitrogen and oxygen atoms in total. The van der Waals surface area contributed by atoms with Gasteiger partial charge in [0.1, 0.15) is 0 Å². The van der Waals surface area contributed by atoms with E-state index in [0.29, 0.717) is 0 Å². The first-order chi connectivity index (χ1) is 13.6. The van der Waals surface area contributed by atoms with E-state index in [0.717, 1.165) is 61.9 Å². The standard InChI is InChI=1S/C22H38N2O2S2/c1-27-19-10-6-15(7-11-19)21(25)23-17-4-3-5-18(14-17)24-22(26)16-8-12-20(28-2)13-9-16/h15-20H,3-14H2,1-2H3,(H,23,25)(H,24,26). The second-order valence-electron chi connectivity index (χ2n) is 9.00. The van der Waals surface area contributed by atoms with Gasteiger partial charge in [-0.25, -0.2) is 0 Å². The van der Waals surface area contributed by atoms with Crippen LogP contribution in [0.3, 0.4) is 0 Å². The van der Waals surface area contributed by atoms with Crippen LogP contribution < -0.4 is 10.6 Å².